The topological polar surface area (TPSA) is 112 Å². The third-order valence-corrected chi connectivity index (χ3v) is 8.53. The molecule has 41 heavy (non-hydrogen) atoms. The second-order valence-electron chi connectivity index (χ2n) is 11.1. The highest BCUT2D eigenvalue weighted by Crippen LogP contribution is 2.42. The Labute approximate surface area is 237 Å². The number of carbonyl (C=O) groups excluding carboxylic acids is 1. The lowest BCUT2D eigenvalue weighted by Gasteiger charge is -2.54. The molecule has 0 aliphatic carbocycles. The van der Waals surface area contributed by atoms with Gasteiger partial charge in [-0.1, -0.05) is 0 Å². The molecular formula is C31H33N7O3. The number of pyridine rings is 2. The number of amides is 1. The van der Waals surface area contributed by atoms with Gasteiger partial charge in [-0.25, -0.2) is 14.8 Å². The summed E-state index contributed by atoms with van der Waals surface area (Å²) in [5.41, 5.74) is 4.94. The van der Waals surface area contributed by atoms with Gasteiger partial charge in [-0.2, -0.15) is 5.10 Å². The van der Waals surface area contributed by atoms with Gasteiger partial charge in [0.1, 0.15) is 29.0 Å². The van der Waals surface area contributed by atoms with E-state index in [2.05, 4.69) is 44.1 Å². The van der Waals surface area contributed by atoms with Crippen LogP contribution in [0.25, 0.3) is 33.2 Å². The number of hydrogen-bond donors (Lipinski definition) is 2. The van der Waals surface area contributed by atoms with Crippen molar-refractivity contribution in [3.8, 4) is 17.0 Å². The highest BCUT2D eigenvalue weighted by atomic mass is 16.6. The molecule has 1 spiro atoms. The van der Waals surface area contributed by atoms with Crippen LogP contribution in [0.1, 0.15) is 38.4 Å². The number of ether oxygens (including phenoxy) is 2. The molecule has 0 radical (unpaired) electrons. The molecule has 1 amide bonds. The first kappa shape index (κ1) is 25.4. The lowest BCUT2D eigenvalue weighted by Crippen LogP contribution is -2.61. The average Bonchev–Trinajstić information content (AvgIpc) is 3.63. The molecule has 10 heteroatoms. The summed E-state index contributed by atoms with van der Waals surface area (Å²) >= 11 is 0. The summed E-state index contributed by atoms with van der Waals surface area (Å²) in [6, 6.07) is 14.2. The largest absolute Gasteiger partial charge is 0.486 e. The fourth-order valence-corrected chi connectivity index (χ4v) is 6.22. The van der Waals surface area contributed by atoms with Crippen LogP contribution >= 0.6 is 0 Å². The minimum absolute atomic E-state index is 0.151. The minimum Gasteiger partial charge on any atom is -0.486 e. The van der Waals surface area contributed by atoms with E-state index >= 15 is 0 Å². The molecule has 2 N–H and O–H groups in total. The summed E-state index contributed by atoms with van der Waals surface area (Å²) < 4.78 is 11.5. The predicted molar refractivity (Wildman–Crippen MR) is 157 cm³/mol. The Kier molecular flexibility index (Phi) is 6.25. The van der Waals surface area contributed by atoms with Gasteiger partial charge in [0.15, 0.2) is 0 Å². The van der Waals surface area contributed by atoms with Crippen LogP contribution in [0.4, 0.5) is 10.6 Å². The first-order valence-corrected chi connectivity index (χ1v) is 14.2. The van der Waals surface area contributed by atoms with Crippen molar-refractivity contribution in [2.45, 2.75) is 32.8 Å². The molecular weight excluding hydrogens is 518 g/mol. The first-order valence-electron chi connectivity index (χ1n) is 14.2. The maximum absolute atomic E-state index is 12.0. The van der Waals surface area contributed by atoms with Gasteiger partial charge in [0, 0.05) is 72.1 Å². The van der Waals surface area contributed by atoms with Crippen molar-refractivity contribution in [2.24, 2.45) is 5.41 Å². The number of aromatic nitrogens is 5. The molecule has 210 valence electrons. The average molecular weight is 552 g/mol. The van der Waals surface area contributed by atoms with Crippen LogP contribution in [0.15, 0.2) is 61.1 Å². The number of anilines is 1. The van der Waals surface area contributed by atoms with Crippen molar-refractivity contribution >= 4 is 33.8 Å². The fourth-order valence-electron chi connectivity index (χ4n) is 6.22. The summed E-state index contributed by atoms with van der Waals surface area (Å²) in [7, 11) is 0. The zero-order valence-electron chi connectivity index (χ0n) is 23.3. The zero-order valence-corrected chi connectivity index (χ0v) is 23.3. The van der Waals surface area contributed by atoms with Crippen LogP contribution in [-0.4, -0.2) is 68.9 Å². The molecule has 1 unspecified atom stereocenters. The number of carbonyl (C=O) groups is 1. The quantitative estimate of drug-likeness (QED) is 0.278. The number of benzene rings is 1. The molecule has 10 nitrogen and oxygen atoms in total. The number of H-pyrrole nitrogens is 2. The molecule has 7 rings (SSSR count). The molecule has 1 atom stereocenters. The van der Waals surface area contributed by atoms with Crippen LogP contribution in [0.5, 0.6) is 5.75 Å². The van der Waals surface area contributed by atoms with E-state index in [1.165, 1.54) is 0 Å². The number of aromatic amines is 2. The molecule has 4 aromatic heterocycles. The van der Waals surface area contributed by atoms with E-state index in [-0.39, 0.29) is 17.6 Å². The second kappa shape index (κ2) is 10.1. The molecule has 2 aliphatic heterocycles. The molecule has 2 aliphatic rings. The lowest BCUT2D eigenvalue weighted by molar-refractivity contribution is 0.0550. The molecule has 1 aromatic carbocycles. The number of likely N-dealkylation sites (tertiary alicyclic amines) is 1. The second-order valence-corrected chi connectivity index (χ2v) is 11.1. The van der Waals surface area contributed by atoms with Crippen molar-refractivity contribution in [3.05, 3.63) is 66.6 Å². The molecule has 5 aromatic rings. The SMILES string of the molecule is CCOC(=O)N1CCC2(CC1)CN(c1ccc(-c3n[nH]c4ccc(OC(C)c5ccnc6[nH]ccc56)cc34)cn1)C2. The van der Waals surface area contributed by atoms with Crippen molar-refractivity contribution < 1.29 is 14.3 Å². The van der Waals surface area contributed by atoms with Gasteiger partial charge >= 0.3 is 6.09 Å². The molecule has 0 saturated carbocycles. The number of piperidine rings is 1. The van der Waals surface area contributed by atoms with Crippen molar-refractivity contribution in [3.63, 3.8) is 0 Å². The number of hydrogen-bond acceptors (Lipinski definition) is 7. The Hall–Kier alpha value is -4.60. The Balaban J connectivity index is 1.03. The molecule has 2 fully saturated rings. The van der Waals surface area contributed by atoms with Crippen LogP contribution in [-0.2, 0) is 4.74 Å². The maximum Gasteiger partial charge on any atom is 0.409 e. The highest BCUT2D eigenvalue weighted by molar-refractivity contribution is 5.93. The van der Waals surface area contributed by atoms with Gasteiger partial charge in [-0.15, -0.1) is 0 Å². The van der Waals surface area contributed by atoms with Gasteiger partial charge in [0.05, 0.1) is 12.1 Å². The summed E-state index contributed by atoms with van der Waals surface area (Å²) in [4.78, 5) is 28.5. The summed E-state index contributed by atoms with van der Waals surface area (Å²) in [5, 5.41) is 9.79. The molecule has 0 bridgehead atoms. The Morgan fingerprint density at radius 1 is 1.07 bits per heavy atom. The van der Waals surface area contributed by atoms with Crippen molar-refractivity contribution in [2.75, 3.05) is 37.7 Å². The summed E-state index contributed by atoms with van der Waals surface area (Å²) in [6.07, 6.45) is 7.25. The van der Waals surface area contributed by atoms with Gasteiger partial charge < -0.3 is 24.3 Å². The lowest BCUT2D eigenvalue weighted by atomic mass is 9.72. The standard InChI is InChI=1S/C31H33N7O3/c1-3-40-30(39)37-14-10-31(11-15-37)18-38(19-31)27-7-4-21(17-34-27)28-25-16-22(5-6-26(25)35-36-28)41-20(2)23-8-12-32-29-24(23)9-13-33-29/h4-9,12-13,16-17,20H,3,10-11,14-15,18-19H2,1-2H3,(H,32,33)(H,35,36). The fraction of sp³-hybridized carbons (Fsp3) is 0.355. The summed E-state index contributed by atoms with van der Waals surface area (Å²) in [6.45, 7) is 7.76. The minimum atomic E-state index is -0.193. The van der Waals surface area contributed by atoms with Gasteiger partial charge in [0.25, 0.3) is 0 Å². The van der Waals surface area contributed by atoms with E-state index < -0.39 is 0 Å². The van der Waals surface area contributed by atoms with Crippen LogP contribution < -0.4 is 9.64 Å². The van der Waals surface area contributed by atoms with Crippen LogP contribution in [0, 0.1) is 5.41 Å². The predicted octanol–water partition coefficient (Wildman–Crippen LogP) is 5.70. The Bertz CT molecular complexity index is 1690. The number of nitrogens with one attached hydrogen (secondary N) is 2. The van der Waals surface area contributed by atoms with E-state index in [1.807, 2.05) is 54.5 Å². The van der Waals surface area contributed by atoms with Crippen molar-refractivity contribution in [1.82, 2.24) is 30.0 Å². The Morgan fingerprint density at radius 2 is 1.93 bits per heavy atom. The maximum atomic E-state index is 12.0. The van der Waals surface area contributed by atoms with E-state index in [0.29, 0.717) is 6.61 Å². The monoisotopic (exact) mass is 551 g/mol. The van der Waals surface area contributed by atoms with Crippen LogP contribution in [0.3, 0.4) is 0 Å². The van der Waals surface area contributed by atoms with E-state index in [9.17, 15) is 4.79 Å². The van der Waals surface area contributed by atoms with E-state index in [0.717, 1.165) is 89.3 Å². The number of rotatable bonds is 6. The molecule has 2 saturated heterocycles. The number of nitrogens with zero attached hydrogens (tertiary/aromatic N) is 5. The number of fused-ring (bicyclic) bond motifs is 2. The van der Waals surface area contributed by atoms with Gasteiger partial charge in [-0.05, 0) is 69.2 Å². The zero-order chi connectivity index (χ0) is 28.0. The molecule has 6 heterocycles. The third-order valence-electron chi connectivity index (χ3n) is 8.53. The van der Waals surface area contributed by atoms with Crippen molar-refractivity contribution in [1.29, 1.82) is 0 Å². The van der Waals surface area contributed by atoms with Crippen LogP contribution in [0.2, 0.25) is 0 Å². The third kappa shape index (κ3) is 4.63. The van der Waals surface area contributed by atoms with Gasteiger partial charge in [0.2, 0.25) is 0 Å². The summed E-state index contributed by atoms with van der Waals surface area (Å²) in [5.74, 6) is 1.75. The van der Waals surface area contributed by atoms with E-state index in [4.69, 9.17) is 14.5 Å². The van der Waals surface area contributed by atoms with Gasteiger partial charge in [-0.3, -0.25) is 5.10 Å². The normalized spacial score (nSPS) is 17.1. The highest BCUT2D eigenvalue weighted by Gasteiger charge is 2.46. The smallest absolute Gasteiger partial charge is 0.409 e. The first-order chi connectivity index (χ1) is 20.0. The Morgan fingerprint density at radius 3 is 2.71 bits per heavy atom. The van der Waals surface area contributed by atoms with E-state index in [1.54, 1.807) is 6.20 Å².